The molecule has 416 valence electrons. The van der Waals surface area contributed by atoms with E-state index in [1.807, 2.05) is 12.2 Å². The number of unbranched alkanes of at least 4 members (excludes halogenated alkanes) is 24. The molecule has 0 amide bonds. The van der Waals surface area contributed by atoms with Crippen LogP contribution in [0.1, 0.15) is 252 Å². The van der Waals surface area contributed by atoms with Gasteiger partial charge in [-0.05, 0) is 96.3 Å². The summed E-state index contributed by atoms with van der Waals surface area (Å²) in [6.07, 6.45) is 60.2. The monoisotopic (exact) mass is 1030 g/mol. The van der Waals surface area contributed by atoms with Crippen LogP contribution in [0.4, 0.5) is 0 Å². The smallest absolute Gasteiger partial charge is 0.462 e. The number of allylic oxidation sites excluding steroid dienone is 12. The number of hydrogen-bond acceptors (Lipinski definition) is 10. The Morgan fingerprint density at radius 2 is 0.750 bits per heavy atom. The van der Waals surface area contributed by atoms with E-state index in [9.17, 15) is 28.9 Å². The fourth-order valence-corrected chi connectivity index (χ4v) is 8.50. The number of hydrogen-bond donors (Lipinski definition) is 2. The van der Waals surface area contributed by atoms with Crippen LogP contribution in [0.3, 0.4) is 0 Å². The second kappa shape index (κ2) is 54.2. The van der Waals surface area contributed by atoms with E-state index in [1.165, 1.54) is 109 Å². The maximum atomic E-state index is 12.9. The highest BCUT2D eigenvalue weighted by Crippen LogP contribution is 2.43. The molecule has 11 nitrogen and oxygen atoms in total. The number of carbonyl (C=O) groups is 3. The van der Waals surface area contributed by atoms with Gasteiger partial charge in [-0.1, -0.05) is 209 Å². The van der Waals surface area contributed by atoms with Crippen LogP contribution < -0.4 is 0 Å². The molecule has 0 aromatic carbocycles. The molecule has 0 spiro atoms. The van der Waals surface area contributed by atoms with E-state index < -0.39 is 57.8 Å². The number of esters is 3. The van der Waals surface area contributed by atoms with Crippen molar-refractivity contribution in [2.24, 2.45) is 0 Å². The zero-order chi connectivity index (χ0) is 52.7. The van der Waals surface area contributed by atoms with Crippen LogP contribution in [0.15, 0.2) is 72.9 Å². The van der Waals surface area contributed by atoms with Crippen molar-refractivity contribution in [3.8, 4) is 0 Å². The van der Waals surface area contributed by atoms with E-state index in [2.05, 4.69) is 81.5 Å². The van der Waals surface area contributed by atoms with Crippen molar-refractivity contribution in [1.29, 1.82) is 0 Å². The van der Waals surface area contributed by atoms with Crippen LogP contribution in [0, 0.1) is 0 Å². The van der Waals surface area contributed by atoms with Gasteiger partial charge in [0.2, 0.25) is 0 Å². The number of rotatable bonds is 53. The average Bonchev–Trinajstić information content (AvgIpc) is 3.37. The fraction of sp³-hybridized carbons (Fsp3) is 0.750. The summed E-state index contributed by atoms with van der Waals surface area (Å²) in [4.78, 5) is 48.4. The summed E-state index contributed by atoms with van der Waals surface area (Å²) in [5, 5.41) is 9.80. The van der Waals surface area contributed by atoms with Crippen molar-refractivity contribution in [2.45, 2.75) is 264 Å². The van der Waals surface area contributed by atoms with E-state index in [0.29, 0.717) is 19.3 Å². The van der Waals surface area contributed by atoms with Crippen LogP contribution in [0.25, 0.3) is 0 Å². The number of aliphatic hydroxyl groups excluding tert-OH is 1. The summed E-state index contributed by atoms with van der Waals surface area (Å²) in [7, 11) is -4.76. The first kappa shape index (κ1) is 68.9. The molecule has 0 aliphatic heterocycles. The molecule has 0 saturated heterocycles. The minimum absolute atomic E-state index is 0.104. The molecule has 3 unspecified atom stereocenters. The summed E-state index contributed by atoms with van der Waals surface area (Å²) in [5.41, 5.74) is 0. The highest BCUT2D eigenvalue weighted by molar-refractivity contribution is 7.47. The van der Waals surface area contributed by atoms with Crippen LogP contribution in [0.2, 0.25) is 0 Å². The maximum Gasteiger partial charge on any atom is 0.472 e. The topological polar surface area (TPSA) is 155 Å². The van der Waals surface area contributed by atoms with Crippen molar-refractivity contribution in [3.05, 3.63) is 72.9 Å². The third kappa shape index (κ3) is 51.8. The van der Waals surface area contributed by atoms with Crippen LogP contribution in [-0.4, -0.2) is 66.5 Å². The molecule has 0 radical (unpaired) electrons. The van der Waals surface area contributed by atoms with Crippen molar-refractivity contribution in [3.63, 3.8) is 0 Å². The molecule has 0 saturated carbocycles. The zero-order valence-electron chi connectivity index (χ0n) is 45.9. The predicted molar refractivity (Wildman–Crippen MR) is 298 cm³/mol. The fourth-order valence-electron chi connectivity index (χ4n) is 7.71. The Labute approximate surface area is 439 Å². The highest BCUT2D eigenvalue weighted by atomic mass is 31.2. The van der Waals surface area contributed by atoms with Crippen LogP contribution in [0.5, 0.6) is 0 Å². The van der Waals surface area contributed by atoms with Gasteiger partial charge in [-0.25, -0.2) is 4.57 Å². The van der Waals surface area contributed by atoms with Crippen molar-refractivity contribution >= 4 is 25.7 Å². The number of carbonyl (C=O) groups excluding carboxylic acids is 3. The number of phosphoric ester groups is 1. The van der Waals surface area contributed by atoms with Crippen molar-refractivity contribution in [2.75, 3.05) is 26.4 Å². The minimum atomic E-state index is -4.76. The summed E-state index contributed by atoms with van der Waals surface area (Å²) in [6, 6.07) is 0. The van der Waals surface area contributed by atoms with Gasteiger partial charge >= 0.3 is 25.7 Å². The molecule has 0 aliphatic rings. The number of ether oxygens (including phenoxy) is 3. The lowest BCUT2D eigenvalue weighted by Crippen LogP contribution is -2.30. The van der Waals surface area contributed by atoms with Gasteiger partial charge in [0.05, 0.1) is 19.8 Å². The number of phosphoric acid groups is 1. The van der Waals surface area contributed by atoms with E-state index in [1.54, 1.807) is 0 Å². The summed E-state index contributed by atoms with van der Waals surface area (Å²) in [6.45, 7) is 4.43. The molecule has 3 atom stereocenters. The Hall–Kier alpha value is -3.08. The van der Waals surface area contributed by atoms with E-state index in [4.69, 9.17) is 23.3 Å². The molecule has 0 aromatic heterocycles. The first-order valence-corrected chi connectivity index (χ1v) is 30.3. The zero-order valence-corrected chi connectivity index (χ0v) is 46.8. The van der Waals surface area contributed by atoms with E-state index in [0.717, 1.165) is 83.5 Å². The first-order chi connectivity index (χ1) is 35.2. The molecule has 0 rings (SSSR count). The second-order valence-corrected chi connectivity index (χ2v) is 20.5. The predicted octanol–water partition coefficient (Wildman–Crippen LogP) is 16.9. The lowest BCUT2D eigenvalue weighted by atomic mass is 10.1. The minimum Gasteiger partial charge on any atom is -0.462 e. The molecule has 0 heterocycles. The third-order valence-electron chi connectivity index (χ3n) is 12.1. The standard InChI is InChI=1S/C60H105O11P/c1-4-7-10-13-16-19-22-25-26-27-28-29-30-33-36-39-42-45-48-51-60(64)71-57(53-67-58(62)49-46-43-40-37-34-31-23-20-17-14-11-8-5-2)55-69-72(65,66)68-54-56(52-61)70-59(63)50-47-44-41-38-35-32-24-21-18-15-12-9-6-3/h8,11,17,20-21,24-26,31,34,40,43,56-57,61H,4-7,9-10,12-16,18-19,22-23,27-30,32-33,35-39,41-42,44-55H2,1-3H3,(H,65,66)/b11-8-,20-17-,24-21-,26-25-,34-31-,43-40-. The molecule has 0 aromatic rings. The van der Waals surface area contributed by atoms with Gasteiger partial charge in [0.1, 0.15) is 12.7 Å². The first-order valence-electron chi connectivity index (χ1n) is 28.8. The Morgan fingerprint density at radius 1 is 0.403 bits per heavy atom. The number of aliphatic hydroxyl groups is 1. The average molecular weight is 1030 g/mol. The summed E-state index contributed by atoms with van der Waals surface area (Å²) < 4.78 is 39.4. The third-order valence-corrected chi connectivity index (χ3v) is 13.0. The summed E-state index contributed by atoms with van der Waals surface area (Å²) in [5.74, 6) is -1.57. The molecule has 12 heteroatoms. The van der Waals surface area contributed by atoms with Crippen molar-refractivity contribution in [1.82, 2.24) is 0 Å². The Kier molecular flexibility index (Phi) is 51.9. The van der Waals surface area contributed by atoms with Gasteiger partial charge in [-0.2, -0.15) is 0 Å². The van der Waals surface area contributed by atoms with Gasteiger partial charge in [0, 0.05) is 19.3 Å². The molecule has 0 fully saturated rings. The van der Waals surface area contributed by atoms with Gasteiger partial charge in [0.25, 0.3) is 0 Å². The molecular formula is C60H105O11P. The largest absolute Gasteiger partial charge is 0.472 e. The van der Waals surface area contributed by atoms with Crippen molar-refractivity contribution < 1.29 is 52.2 Å². The van der Waals surface area contributed by atoms with E-state index >= 15 is 0 Å². The lowest BCUT2D eigenvalue weighted by molar-refractivity contribution is -0.161. The maximum absolute atomic E-state index is 12.9. The highest BCUT2D eigenvalue weighted by Gasteiger charge is 2.28. The Morgan fingerprint density at radius 3 is 1.18 bits per heavy atom. The Balaban J connectivity index is 4.77. The van der Waals surface area contributed by atoms with Gasteiger partial charge < -0.3 is 24.2 Å². The Bertz CT molecular complexity index is 1490. The molecule has 2 N–H and O–H groups in total. The molecule has 0 bridgehead atoms. The van der Waals surface area contributed by atoms with Gasteiger partial charge in [-0.15, -0.1) is 0 Å². The quantitative estimate of drug-likeness (QED) is 0.0197. The lowest BCUT2D eigenvalue weighted by Gasteiger charge is -2.21. The van der Waals surface area contributed by atoms with Gasteiger partial charge in [0.15, 0.2) is 6.10 Å². The normalized spacial score (nSPS) is 13.9. The second-order valence-electron chi connectivity index (χ2n) is 19.1. The van der Waals surface area contributed by atoms with Crippen LogP contribution >= 0.6 is 7.82 Å². The summed E-state index contributed by atoms with van der Waals surface area (Å²) >= 11 is 0. The molecule has 0 aliphatic carbocycles. The molecular weight excluding hydrogens is 928 g/mol. The van der Waals surface area contributed by atoms with E-state index in [-0.39, 0.29) is 25.9 Å². The van der Waals surface area contributed by atoms with Gasteiger partial charge in [-0.3, -0.25) is 23.4 Å². The van der Waals surface area contributed by atoms with Crippen LogP contribution in [-0.2, 0) is 42.2 Å². The molecule has 72 heavy (non-hydrogen) atoms. The SMILES string of the molecule is CC/C=C\C/C=C\C/C=C\C/C=C\CCC(=O)OCC(COP(=O)(O)OCC(CO)OC(=O)CCCCCCC/C=C\CCCCCC)OC(=O)CCCCCCCCCCC/C=C\CCCCCCCC.